The van der Waals surface area contributed by atoms with Gasteiger partial charge in [0.2, 0.25) is 0 Å². The summed E-state index contributed by atoms with van der Waals surface area (Å²) < 4.78 is 0. The Bertz CT molecular complexity index is 111. The monoisotopic (exact) mass is 155 g/mol. The third-order valence-electron chi connectivity index (χ3n) is 3.10. The van der Waals surface area contributed by atoms with E-state index in [1.54, 1.807) is 0 Å². The maximum atomic E-state index is 6.08. The molecule has 0 heterocycles. The highest BCUT2D eigenvalue weighted by Gasteiger charge is 2.27. The highest BCUT2D eigenvalue weighted by Crippen LogP contribution is 2.33. The van der Waals surface area contributed by atoms with Crippen LogP contribution < -0.4 is 5.73 Å². The van der Waals surface area contributed by atoms with Gasteiger partial charge in [0.05, 0.1) is 0 Å². The fourth-order valence-electron chi connectivity index (χ4n) is 2.36. The molecule has 0 amide bonds. The minimum Gasteiger partial charge on any atom is -0.327 e. The lowest BCUT2D eigenvalue weighted by molar-refractivity contribution is 0.330. The van der Waals surface area contributed by atoms with E-state index >= 15 is 0 Å². The zero-order valence-electron chi connectivity index (χ0n) is 7.84. The summed E-state index contributed by atoms with van der Waals surface area (Å²) in [6.45, 7) is 4.58. The van der Waals surface area contributed by atoms with Crippen molar-refractivity contribution in [2.75, 3.05) is 0 Å². The predicted octanol–water partition coefficient (Wildman–Crippen LogP) is 2.55. The van der Waals surface area contributed by atoms with E-state index in [-0.39, 0.29) is 0 Å². The van der Waals surface area contributed by atoms with E-state index in [0.29, 0.717) is 6.04 Å². The summed E-state index contributed by atoms with van der Waals surface area (Å²) in [5.74, 6) is 1.71. The second-order valence-electron chi connectivity index (χ2n) is 4.02. The van der Waals surface area contributed by atoms with E-state index in [4.69, 9.17) is 5.73 Å². The van der Waals surface area contributed by atoms with Crippen LogP contribution >= 0.6 is 0 Å². The Morgan fingerprint density at radius 1 is 1.45 bits per heavy atom. The molecule has 2 N–H and O–H groups in total. The third-order valence-corrected chi connectivity index (χ3v) is 3.10. The van der Waals surface area contributed by atoms with Crippen molar-refractivity contribution in [2.45, 2.75) is 52.0 Å². The third kappa shape index (κ3) is 2.19. The topological polar surface area (TPSA) is 26.0 Å². The van der Waals surface area contributed by atoms with Crippen molar-refractivity contribution in [3.05, 3.63) is 0 Å². The van der Waals surface area contributed by atoms with Gasteiger partial charge in [-0.2, -0.15) is 0 Å². The van der Waals surface area contributed by atoms with Crippen LogP contribution in [0.25, 0.3) is 0 Å². The maximum Gasteiger partial charge on any atom is 0.00696 e. The minimum atomic E-state index is 0.484. The van der Waals surface area contributed by atoms with Crippen LogP contribution in [0.3, 0.4) is 0 Å². The van der Waals surface area contributed by atoms with Crippen molar-refractivity contribution >= 4 is 0 Å². The molecule has 1 fully saturated rings. The van der Waals surface area contributed by atoms with Crippen LogP contribution in [0.15, 0.2) is 0 Å². The van der Waals surface area contributed by atoms with Crippen molar-refractivity contribution in [1.29, 1.82) is 0 Å². The molecule has 0 aromatic carbocycles. The van der Waals surface area contributed by atoms with Gasteiger partial charge in [-0.1, -0.05) is 33.1 Å². The largest absolute Gasteiger partial charge is 0.327 e. The van der Waals surface area contributed by atoms with Crippen LogP contribution in [0.1, 0.15) is 46.0 Å². The molecule has 0 aromatic rings. The van der Waals surface area contributed by atoms with E-state index in [1.165, 1.54) is 32.1 Å². The van der Waals surface area contributed by atoms with Crippen molar-refractivity contribution < 1.29 is 0 Å². The van der Waals surface area contributed by atoms with Gasteiger partial charge in [-0.3, -0.25) is 0 Å². The molecule has 1 heteroatoms. The molecule has 0 saturated heterocycles. The van der Waals surface area contributed by atoms with Gasteiger partial charge in [-0.15, -0.1) is 0 Å². The molecule has 3 atom stereocenters. The molecule has 1 rings (SSSR count). The first-order chi connectivity index (χ1) is 5.25. The molecule has 0 bridgehead atoms. The van der Waals surface area contributed by atoms with Crippen molar-refractivity contribution in [3.8, 4) is 0 Å². The molecule has 0 aromatic heterocycles. The van der Waals surface area contributed by atoms with Crippen LogP contribution in [0.5, 0.6) is 0 Å². The molecule has 11 heavy (non-hydrogen) atoms. The zero-order chi connectivity index (χ0) is 8.27. The molecular formula is C10H21N. The summed E-state index contributed by atoms with van der Waals surface area (Å²) in [6, 6.07) is 0.484. The molecule has 3 unspecified atom stereocenters. The van der Waals surface area contributed by atoms with Gasteiger partial charge in [0, 0.05) is 6.04 Å². The van der Waals surface area contributed by atoms with Crippen LogP contribution in [0.2, 0.25) is 0 Å². The smallest absolute Gasteiger partial charge is 0.00696 e. The average molecular weight is 155 g/mol. The van der Waals surface area contributed by atoms with Gasteiger partial charge in [-0.05, 0) is 24.7 Å². The maximum absolute atomic E-state index is 6.08. The zero-order valence-corrected chi connectivity index (χ0v) is 7.84. The molecule has 1 saturated carbocycles. The molecular weight excluding hydrogens is 134 g/mol. The lowest BCUT2D eigenvalue weighted by atomic mass is 9.88. The molecule has 1 nitrogen and oxygen atoms in total. The Hall–Kier alpha value is -0.0400. The Kier molecular flexibility index (Phi) is 3.38. The first-order valence-electron chi connectivity index (χ1n) is 5.01. The van der Waals surface area contributed by atoms with E-state index < -0.39 is 0 Å². The first-order valence-corrected chi connectivity index (χ1v) is 5.01. The Labute approximate surface area is 70.4 Å². The van der Waals surface area contributed by atoms with Crippen molar-refractivity contribution in [2.24, 2.45) is 17.6 Å². The van der Waals surface area contributed by atoms with Crippen LogP contribution in [-0.4, -0.2) is 6.04 Å². The minimum absolute atomic E-state index is 0.484. The Balaban J connectivity index is 2.33. The summed E-state index contributed by atoms with van der Waals surface area (Å²) in [5, 5.41) is 0. The molecule has 0 spiro atoms. The summed E-state index contributed by atoms with van der Waals surface area (Å²) in [5.41, 5.74) is 6.08. The van der Waals surface area contributed by atoms with Gasteiger partial charge in [0.1, 0.15) is 0 Å². The average Bonchev–Trinajstić information content (AvgIpc) is 2.36. The van der Waals surface area contributed by atoms with E-state index in [1.807, 2.05) is 0 Å². The lowest BCUT2D eigenvalue weighted by Crippen LogP contribution is -2.31. The van der Waals surface area contributed by atoms with Crippen LogP contribution in [-0.2, 0) is 0 Å². The van der Waals surface area contributed by atoms with Crippen molar-refractivity contribution in [1.82, 2.24) is 0 Å². The highest BCUT2D eigenvalue weighted by molar-refractivity contribution is 4.82. The first kappa shape index (κ1) is 9.05. The normalized spacial score (nSPS) is 34.1. The van der Waals surface area contributed by atoms with Crippen LogP contribution in [0.4, 0.5) is 0 Å². The predicted molar refractivity (Wildman–Crippen MR) is 49.4 cm³/mol. The van der Waals surface area contributed by atoms with Gasteiger partial charge >= 0.3 is 0 Å². The summed E-state index contributed by atoms with van der Waals surface area (Å²) in [4.78, 5) is 0. The Morgan fingerprint density at radius 2 is 2.18 bits per heavy atom. The number of hydrogen-bond donors (Lipinski definition) is 1. The fraction of sp³-hybridized carbons (Fsp3) is 1.00. The van der Waals surface area contributed by atoms with E-state index in [0.717, 1.165) is 11.8 Å². The van der Waals surface area contributed by atoms with Gasteiger partial charge in [0.25, 0.3) is 0 Å². The highest BCUT2D eigenvalue weighted by atomic mass is 14.7. The molecule has 0 aliphatic heterocycles. The Morgan fingerprint density at radius 3 is 2.64 bits per heavy atom. The van der Waals surface area contributed by atoms with Gasteiger partial charge in [-0.25, -0.2) is 0 Å². The van der Waals surface area contributed by atoms with Crippen molar-refractivity contribution in [3.63, 3.8) is 0 Å². The fourth-order valence-corrected chi connectivity index (χ4v) is 2.36. The second kappa shape index (κ2) is 4.10. The van der Waals surface area contributed by atoms with E-state index in [9.17, 15) is 0 Å². The summed E-state index contributed by atoms with van der Waals surface area (Å²) in [7, 11) is 0. The second-order valence-corrected chi connectivity index (χ2v) is 4.02. The number of hydrogen-bond acceptors (Lipinski definition) is 1. The van der Waals surface area contributed by atoms with Gasteiger partial charge < -0.3 is 5.73 Å². The number of rotatable bonds is 3. The summed E-state index contributed by atoms with van der Waals surface area (Å²) in [6.07, 6.45) is 6.65. The summed E-state index contributed by atoms with van der Waals surface area (Å²) >= 11 is 0. The van der Waals surface area contributed by atoms with Crippen LogP contribution in [0, 0.1) is 11.8 Å². The van der Waals surface area contributed by atoms with E-state index in [2.05, 4.69) is 13.8 Å². The lowest BCUT2D eigenvalue weighted by Gasteiger charge is -2.22. The molecule has 1 aliphatic rings. The molecule has 66 valence electrons. The molecule has 0 radical (unpaired) electrons. The molecule has 1 aliphatic carbocycles. The standard InChI is InChI=1S/C10H21N/c1-3-5-10(11)9-7-4-6-8(9)2/h8-10H,3-7,11H2,1-2H3. The quantitative estimate of drug-likeness (QED) is 0.666. The number of nitrogens with two attached hydrogens (primary N) is 1. The SMILES string of the molecule is CCCC(N)C1CCCC1C. The van der Waals surface area contributed by atoms with Gasteiger partial charge in [0.15, 0.2) is 0 Å².